The van der Waals surface area contributed by atoms with Crippen LogP contribution in [0.4, 0.5) is 0 Å². The second kappa shape index (κ2) is 2.77. The van der Waals surface area contributed by atoms with Gasteiger partial charge in [-0.2, -0.15) is 0 Å². The number of amides is 1. The Labute approximate surface area is 65.3 Å². The molecule has 0 bridgehead atoms. The molecule has 11 heavy (non-hydrogen) atoms. The van der Waals surface area contributed by atoms with E-state index in [1.54, 1.807) is 0 Å². The summed E-state index contributed by atoms with van der Waals surface area (Å²) >= 11 is 0. The molecule has 0 aromatic heterocycles. The molecule has 0 spiro atoms. The van der Waals surface area contributed by atoms with Crippen molar-refractivity contribution < 1.29 is 4.79 Å². The first-order chi connectivity index (χ1) is 5.05. The third-order valence-electron chi connectivity index (χ3n) is 1.98. The fourth-order valence-electron chi connectivity index (χ4n) is 1.08. The van der Waals surface area contributed by atoms with Crippen LogP contribution >= 0.6 is 0 Å². The third-order valence-corrected chi connectivity index (χ3v) is 1.98. The van der Waals surface area contributed by atoms with Crippen LogP contribution in [0.25, 0.3) is 0 Å². The van der Waals surface area contributed by atoms with Crippen LogP contribution in [0, 0.1) is 0 Å². The quantitative estimate of drug-likeness (QED) is 0.301. The van der Waals surface area contributed by atoms with E-state index < -0.39 is 11.7 Å². The maximum atomic E-state index is 11.1. The molecule has 1 rings (SSSR count). The van der Waals surface area contributed by atoms with Crippen molar-refractivity contribution in [3.63, 3.8) is 0 Å². The molecular formula is C6H14N4O. The van der Waals surface area contributed by atoms with E-state index in [-0.39, 0.29) is 5.91 Å². The van der Waals surface area contributed by atoms with E-state index in [9.17, 15) is 4.79 Å². The summed E-state index contributed by atoms with van der Waals surface area (Å²) in [6, 6.07) is -0.440. The van der Waals surface area contributed by atoms with Gasteiger partial charge >= 0.3 is 0 Å². The zero-order valence-corrected chi connectivity index (χ0v) is 6.34. The lowest BCUT2D eigenvalue weighted by Gasteiger charge is -2.26. The van der Waals surface area contributed by atoms with Crippen molar-refractivity contribution in [1.82, 2.24) is 5.32 Å². The molecule has 0 aromatic rings. The van der Waals surface area contributed by atoms with Gasteiger partial charge in [-0.25, -0.2) is 0 Å². The first-order valence-corrected chi connectivity index (χ1v) is 3.67. The van der Waals surface area contributed by atoms with Crippen molar-refractivity contribution in [2.45, 2.75) is 24.5 Å². The van der Waals surface area contributed by atoms with E-state index in [4.69, 9.17) is 17.2 Å². The highest BCUT2D eigenvalue weighted by Gasteiger charge is 2.37. The van der Waals surface area contributed by atoms with Gasteiger partial charge in [-0.1, -0.05) is 0 Å². The topological polar surface area (TPSA) is 107 Å². The van der Waals surface area contributed by atoms with Crippen LogP contribution in [-0.2, 0) is 4.79 Å². The molecule has 0 saturated carbocycles. The zero-order valence-electron chi connectivity index (χ0n) is 6.34. The lowest BCUT2D eigenvalue weighted by atomic mass is 10.00. The van der Waals surface area contributed by atoms with Crippen LogP contribution < -0.4 is 22.5 Å². The van der Waals surface area contributed by atoms with Gasteiger partial charge in [0.2, 0.25) is 0 Å². The summed E-state index contributed by atoms with van der Waals surface area (Å²) in [5, 5.41) is 2.60. The normalized spacial score (nSPS) is 30.8. The highest BCUT2D eigenvalue weighted by molar-refractivity contribution is 5.86. The number of nitrogens with one attached hydrogen (secondary N) is 1. The first-order valence-electron chi connectivity index (χ1n) is 3.67. The molecular weight excluding hydrogens is 144 g/mol. The number of hydrogen-bond acceptors (Lipinski definition) is 4. The second-order valence-corrected chi connectivity index (χ2v) is 2.94. The average Bonchev–Trinajstić information content (AvgIpc) is 2.03. The Kier molecular flexibility index (Phi) is 2.12. The standard InChI is InChI=1S/C6H14N4O/c7-4-2-1-3-10-5(11)6(4,8)9/h4H,1-3,7-9H2,(H,10,11). The monoisotopic (exact) mass is 158 g/mol. The summed E-state index contributed by atoms with van der Waals surface area (Å²) in [6.07, 6.45) is 1.52. The van der Waals surface area contributed by atoms with Crippen molar-refractivity contribution in [1.29, 1.82) is 0 Å². The fraction of sp³-hybridized carbons (Fsp3) is 0.833. The molecule has 1 atom stereocenters. The van der Waals surface area contributed by atoms with E-state index in [0.29, 0.717) is 13.0 Å². The van der Waals surface area contributed by atoms with Crippen LogP contribution in [0.5, 0.6) is 0 Å². The predicted octanol–water partition coefficient (Wildman–Crippen LogP) is -2.16. The summed E-state index contributed by atoms with van der Waals surface area (Å²) in [4.78, 5) is 11.1. The van der Waals surface area contributed by atoms with Gasteiger partial charge in [0.1, 0.15) is 0 Å². The molecule has 5 heteroatoms. The van der Waals surface area contributed by atoms with Crippen LogP contribution in [0.3, 0.4) is 0 Å². The zero-order chi connectivity index (χ0) is 8.48. The number of carbonyl (C=O) groups is 1. The number of nitrogens with two attached hydrogens (primary N) is 3. The van der Waals surface area contributed by atoms with Crippen molar-refractivity contribution in [3.8, 4) is 0 Å². The Balaban J connectivity index is 2.76. The van der Waals surface area contributed by atoms with Gasteiger partial charge in [0, 0.05) is 12.6 Å². The van der Waals surface area contributed by atoms with Gasteiger partial charge in [-0.3, -0.25) is 4.79 Å². The molecule has 1 amide bonds. The third kappa shape index (κ3) is 1.50. The van der Waals surface area contributed by atoms with Gasteiger partial charge < -0.3 is 22.5 Å². The minimum atomic E-state index is -1.39. The predicted molar refractivity (Wildman–Crippen MR) is 41.3 cm³/mol. The van der Waals surface area contributed by atoms with E-state index in [1.807, 2.05) is 0 Å². The van der Waals surface area contributed by atoms with Crippen LogP contribution in [-0.4, -0.2) is 24.2 Å². The molecule has 1 aliphatic rings. The number of carbonyl (C=O) groups excluding carboxylic acids is 1. The molecule has 0 radical (unpaired) electrons. The highest BCUT2D eigenvalue weighted by atomic mass is 16.2. The molecule has 5 nitrogen and oxygen atoms in total. The van der Waals surface area contributed by atoms with E-state index in [1.165, 1.54) is 0 Å². The SMILES string of the molecule is NC1CCCNC(=O)C1(N)N. The Morgan fingerprint density at radius 1 is 1.55 bits per heavy atom. The summed E-state index contributed by atoms with van der Waals surface area (Å²) < 4.78 is 0. The van der Waals surface area contributed by atoms with Gasteiger partial charge in [-0.05, 0) is 12.8 Å². The Bertz CT molecular complexity index is 168. The Morgan fingerprint density at radius 3 is 2.82 bits per heavy atom. The smallest absolute Gasteiger partial charge is 0.256 e. The molecule has 0 aliphatic carbocycles. The van der Waals surface area contributed by atoms with Crippen molar-refractivity contribution >= 4 is 5.91 Å². The molecule has 1 unspecified atom stereocenters. The van der Waals surface area contributed by atoms with Crippen LogP contribution in [0.15, 0.2) is 0 Å². The van der Waals surface area contributed by atoms with Crippen LogP contribution in [0.1, 0.15) is 12.8 Å². The van der Waals surface area contributed by atoms with Crippen molar-refractivity contribution in [3.05, 3.63) is 0 Å². The van der Waals surface area contributed by atoms with E-state index in [2.05, 4.69) is 5.32 Å². The van der Waals surface area contributed by atoms with Crippen molar-refractivity contribution in [2.75, 3.05) is 6.54 Å². The molecule has 7 N–H and O–H groups in total. The number of hydrogen-bond donors (Lipinski definition) is 4. The van der Waals surface area contributed by atoms with Gasteiger partial charge in [-0.15, -0.1) is 0 Å². The van der Waals surface area contributed by atoms with Crippen molar-refractivity contribution in [2.24, 2.45) is 17.2 Å². The largest absolute Gasteiger partial charge is 0.353 e. The summed E-state index contributed by atoms with van der Waals surface area (Å²) in [7, 11) is 0. The highest BCUT2D eigenvalue weighted by Crippen LogP contribution is 2.07. The number of rotatable bonds is 0. The van der Waals surface area contributed by atoms with Gasteiger partial charge in [0.05, 0.1) is 0 Å². The lowest BCUT2D eigenvalue weighted by Crippen LogP contribution is -2.69. The van der Waals surface area contributed by atoms with Gasteiger partial charge in [0.15, 0.2) is 5.66 Å². The summed E-state index contributed by atoms with van der Waals surface area (Å²) in [5.74, 6) is -0.359. The van der Waals surface area contributed by atoms with E-state index in [0.717, 1.165) is 6.42 Å². The molecule has 1 saturated heterocycles. The summed E-state index contributed by atoms with van der Waals surface area (Å²) in [6.45, 7) is 0.614. The molecule has 0 aromatic carbocycles. The fourth-order valence-corrected chi connectivity index (χ4v) is 1.08. The summed E-state index contributed by atoms with van der Waals surface area (Å²) in [5.41, 5.74) is 15.2. The average molecular weight is 158 g/mol. The molecule has 1 fully saturated rings. The Hall–Kier alpha value is -0.650. The minimum Gasteiger partial charge on any atom is -0.353 e. The molecule has 1 heterocycles. The maximum absolute atomic E-state index is 11.1. The second-order valence-electron chi connectivity index (χ2n) is 2.94. The molecule has 1 aliphatic heterocycles. The lowest BCUT2D eigenvalue weighted by molar-refractivity contribution is -0.126. The van der Waals surface area contributed by atoms with Crippen LogP contribution in [0.2, 0.25) is 0 Å². The Morgan fingerprint density at radius 2 is 2.18 bits per heavy atom. The van der Waals surface area contributed by atoms with Gasteiger partial charge in [0.25, 0.3) is 5.91 Å². The molecule has 64 valence electrons. The van der Waals surface area contributed by atoms with E-state index >= 15 is 0 Å². The maximum Gasteiger partial charge on any atom is 0.256 e. The minimum absolute atomic E-state index is 0.359. The first kappa shape index (κ1) is 8.45.